The number of rotatable bonds is 33. The SMILES string of the molecule is Cc1c(C(=O)O)c(-c2c(F)ccc(N3CCN(c4ccc(NS(=O)(=O)c5ccc(N[C@H](CCN(C)C)CSc6ccccc6)c([N+](=O)[O-])c5)cc4)CC3)c2F)c(-c2ccc(Cl)cc2)n1C.Cc1cc(S(=O)(=O)Nc2ccc(N3CCN(c4cccc(-c5c(C(=O)O)c(C)n(C)c5-c5ccc(Cl)cc5)c4)CC3)cc2)ccc1N[C@H](CCN1CCC1)CSc1ccccc1. The number of nitro benzene ring substituents is 1. The number of thioether (sulfide) groups is 2. The predicted octanol–water partition coefficient (Wildman–Crippen LogP) is 20.0. The lowest BCUT2D eigenvalue weighted by Crippen LogP contribution is -2.46. The van der Waals surface area contributed by atoms with E-state index in [4.69, 9.17) is 23.2 Å². The van der Waals surface area contributed by atoms with E-state index in [1.165, 1.54) is 29.5 Å². The van der Waals surface area contributed by atoms with Crippen LogP contribution in [0.25, 0.3) is 44.8 Å². The van der Waals surface area contributed by atoms with Crippen LogP contribution in [0.1, 0.15) is 56.9 Å². The zero-order chi connectivity index (χ0) is 90.0. The number of aromatic carboxylic acids is 2. The Morgan fingerprint density at radius 1 is 0.504 bits per heavy atom. The maximum Gasteiger partial charge on any atom is 0.338 e. The highest BCUT2D eigenvalue weighted by Gasteiger charge is 2.34. The van der Waals surface area contributed by atoms with Crippen molar-refractivity contribution in [3.05, 3.63) is 290 Å². The molecule has 0 aliphatic carbocycles. The Morgan fingerprint density at radius 3 is 1.43 bits per heavy atom. The molecule has 12 aromatic rings. The summed E-state index contributed by atoms with van der Waals surface area (Å²) in [6, 6.07) is 68.5. The molecule has 0 amide bonds. The van der Waals surface area contributed by atoms with E-state index in [9.17, 15) is 46.8 Å². The third-order valence-electron chi connectivity index (χ3n) is 23.5. The number of hydrogen-bond donors (Lipinski definition) is 6. The lowest BCUT2D eigenvalue weighted by molar-refractivity contribution is -0.384. The number of nitrogens with zero attached hydrogens (tertiary/aromatic N) is 9. The van der Waals surface area contributed by atoms with Crippen molar-refractivity contribution >= 4 is 130 Å². The number of aromatic nitrogens is 2. The Hall–Kier alpha value is -11.5. The molecule has 10 aromatic carbocycles. The quantitative estimate of drug-likeness (QED) is 0.0127. The molecule has 3 aliphatic rings. The molecular weight excluding hydrogens is 1730 g/mol. The summed E-state index contributed by atoms with van der Waals surface area (Å²) < 4.78 is 95.8. The molecular formula is C96H101Cl2F2N13O10S4. The van der Waals surface area contributed by atoms with Gasteiger partial charge in [-0.15, -0.1) is 23.5 Å². The molecule has 6 N–H and O–H groups in total. The van der Waals surface area contributed by atoms with Crippen LogP contribution in [-0.4, -0.2) is 179 Å². The minimum Gasteiger partial charge on any atom is -0.478 e. The van der Waals surface area contributed by atoms with Gasteiger partial charge < -0.3 is 59.4 Å². The van der Waals surface area contributed by atoms with Gasteiger partial charge in [0.15, 0.2) is 5.82 Å². The number of sulfonamides is 2. The molecule has 0 radical (unpaired) electrons. The summed E-state index contributed by atoms with van der Waals surface area (Å²) in [6.45, 7) is 14.1. The van der Waals surface area contributed by atoms with Gasteiger partial charge in [-0.05, 0) is 248 Å². The molecule has 5 heterocycles. The summed E-state index contributed by atoms with van der Waals surface area (Å²) in [7, 11) is -0.598. The van der Waals surface area contributed by atoms with Crippen LogP contribution in [0.5, 0.6) is 0 Å². The minimum atomic E-state index is -4.23. The number of carbonyl (C=O) groups is 2. The van der Waals surface area contributed by atoms with E-state index < -0.39 is 54.1 Å². The third kappa shape index (κ3) is 21.8. The second-order valence-electron chi connectivity index (χ2n) is 32.1. The van der Waals surface area contributed by atoms with Crippen molar-refractivity contribution in [1.82, 2.24) is 18.9 Å². The van der Waals surface area contributed by atoms with Crippen molar-refractivity contribution in [3.8, 4) is 44.8 Å². The van der Waals surface area contributed by atoms with Crippen molar-refractivity contribution < 1.29 is 50.3 Å². The fraction of sp³-hybridized carbons (Fsp3) is 0.271. The Bertz CT molecular complexity index is 6180. The second kappa shape index (κ2) is 40.6. The number of nitro groups is 1. The van der Waals surface area contributed by atoms with Crippen molar-refractivity contribution in [1.29, 1.82) is 0 Å². The number of carboxylic acid groups (broad SMARTS) is 2. The second-order valence-corrected chi connectivity index (χ2v) is 38.5. The van der Waals surface area contributed by atoms with Gasteiger partial charge in [-0.2, -0.15) is 0 Å². The zero-order valence-electron chi connectivity index (χ0n) is 71.4. The highest BCUT2D eigenvalue weighted by Crippen LogP contribution is 2.46. The summed E-state index contributed by atoms with van der Waals surface area (Å²) in [5.74, 6) is -2.51. The van der Waals surface area contributed by atoms with Crippen molar-refractivity contribution in [2.75, 3.05) is 144 Å². The van der Waals surface area contributed by atoms with Crippen molar-refractivity contribution in [2.24, 2.45) is 14.1 Å². The highest BCUT2D eigenvalue weighted by atomic mass is 35.5. The Balaban J connectivity index is 0.000000206. The molecule has 127 heavy (non-hydrogen) atoms. The number of likely N-dealkylation sites (tertiary alicyclic amines) is 1. The summed E-state index contributed by atoms with van der Waals surface area (Å²) >= 11 is 15.8. The Labute approximate surface area is 758 Å². The number of nitrogens with one attached hydrogen (secondary N) is 4. The van der Waals surface area contributed by atoms with Crippen LogP contribution in [0.3, 0.4) is 0 Å². The number of carboxylic acids is 2. The fourth-order valence-corrected chi connectivity index (χ4v) is 20.8. The third-order valence-corrected chi connectivity index (χ3v) is 29.1. The van der Waals surface area contributed by atoms with Gasteiger partial charge >= 0.3 is 11.9 Å². The van der Waals surface area contributed by atoms with E-state index in [0.29, 0.717) is 82.3 Å². The number of aryl methyl sites for hydroxylation is 1. The molecule has 662 valence electrons. The number of halogens is 4. The maximum atomic E-state index is 16.7. The van der Waals surface area contributed by atoms with Gasteiger partial charge in [0.05, 0.1) is 48.5 Å². The molecule has 2 aromatic heterocycles. The average Bonchev–Trinajstić information content (AvgIpc) is 1.60. The van der Waals surface area contributed by atoms with Crippen molar-refractivity contribution in [2.45, 2.75) is 71.7 Å². The number of anilines is 8. The largest absolute Gasteiger partial charge is 0.478 e. The van der Waals surface area contributed by atoms with Crippen LogP contribution in [0.15, 0.2) is 250 Å². The topological polar surface area (TPSA) is 263 Å². The molecule has 3 fully saturated rings. The highest BCUT2D eigenvalue weighted by molar-refractivity contribution is 7.99. The molecule has 3 aliphatic heterocycles. The number of piperazine rings is 2. The van der Waals surface area contributed by atoms with E-state index in [0.717, 1.165) is 127 Å². The monoisotopic (exact) mass is 1830 g/mol. The number of hydrogen-bond acceptors (Lipinski definition) is 18. The first kappa shape index (κ1) is 91.7. The van der Waals surface area contributed by atoms with Gasteiger partial charge in [-0.1, -0.05) is 96.0 Å². The molecule has 0 spiro atoms. The summed E-state index contributed by atoms with van der Waals surface area (Å²) in [4.78, 5) is 52.1. The van der Waals surface area contributed by atoms with Gasteiger partial charge in [0.1, 0.15) is 11.5 Å². The van der Waals surface area contributed by atoms with Crippen LogP contribution < -0.4 is 39.7 Å². The van der Waals surface area contributed by atoms with Gasteiger partial charge in [0, 0.05) is 179 Å². The molecule has 2 atom stereocenters. The first-order valence-corrected chi connectivity index (χ1v) is 47.5. The van der Waals surface area contributed by atoms with Gasteiger partial charge in [0.25, 0.3) is 25.7 Å². The lowest BCUT2D eigenvalue weighted by atomic mass is 9.95. The minimum absolute atomic E-state index is 0.0630. The molecule has 0 bridgehead atoms. The molecule has 3 saturated heterocycles. The van der Waals surface area contributed by atoms with E-state index in [2.05, 4.69) is 71.2 Å². The van der Waals surface area contributed by atoms with E-state index in [-0.39, 0.29) is 61.3 Å². The normalized spacial score (nSPS) is 14.2. The van der Waals surface area contributed by atoms with Crippen LogP contribution in [0.4, 0.5) is 60.0 Å². The number of benzene rings is 10. The molecule has 0 saturated carbocycles. The smallest absolute Gasteiger partial charge is 0.338 e. The Kier molecular flexibility index (Phi) is 29.3. The van der Waals surface area contributed by atoms with Crippen LogP contribution in [0, 0.1) is 42.5 Å². The predicted molar refractivity (Wildman–Crippen MR) is 512 cm³/mol. The lowest BCUT2D eigenvalue weighted by Gasteiger charge is -2.37. The van der Waals surface area contributed by atoms with Gasteiger partial charge in [-0.3, -0.25) is 19.6 Å². The summed E-state index contributed by atoms with van der Waals surface area (Å²) in [5, 5.41) is 41.0. The summed E-state index contributed by atoms with van der Waals surface area (Å²) in [5.41, 5.74) is 10.1. The first-order chi connectivity index (χ1) is 60.9. The standard InChI is InChI=1S/C49H53ClN6O4S2.C47H48ClF2N7O6S2/c1-34-31-44(21-22-45(34)51-40(23-26-54-24-8-25-54)33-61-43-11-5-4-6-12-43)62(59,60)52-39-17-19-41(20-18-39)55-27-29-56(30-28-55)42-10-7-9-37(32-42)47-46(49(57)58)35(2)53(3)48(47)36-13-15-38(50)16-14-36;1-30-42(47(58)59)44(46(54(30)4)31-10-12-32(48)13-11-31)43-38(49)19-21-40(45(43)50)56-26-24-55(25-27-56)35-16-14-33(15-17-35)52-65(62,63)37-18-20-39(41(28-37)57(60)61)51-34(22-23-53(2)3)29-64-36-8-6-5-7-9-36/h4-7,9-22,31-32,40,51-52H,8,23-30,33H2,1-3H3,(H,57,58);5-21,28,34,51-52H,22-27,29H2,1-4H3,(H,58,59)/t40-;34-/m11/s1. The molecule has 0 unspecified atom stereocenters. The van der Waals surface area contributed by atoms with Crippen LogP contribution in [0.2, 0.25) is 10.0 Å². The van der Waals surface area contributed by atoms with Gasteiger partial charge in [-0.25, -0.2) is 35.2 Å². The Morgan fingerprint density at radius 2 is 0.961 bits per heavy atom. The average molecular weight is 1830 g/mol. The van der Waals surface area contributed by atoms with Crippen LogP contribution >= 0.6 is 46.7 Å². The van der Waals surface area contributed by atoms with E-state index >= 15 is 8.78 Å². The summed E-state index contributed by atoms with van der Waals surface area (Å²) in [6.07, 6.45) is 2.98. The maximum absolute atomic E-state index is 16.7. The van der Waals surface area contributed by atoms with Gasteiger partial charge in [0.2, 0.25) is 0 Å². The fourth-order valence-electron chi connectivity index (χ4n) is 16.3. The zero-order valence-corrected chi connectivity index (χ0v) is 76.2. The van der Waals surface area contributed by atoms with Crippen molar-refractivity contribution in [3.63, 3.8) is 0 Å². The molecule has 15 rings (SSSR count). The first-order valence-electron chi connectivity index (χ1n) is 41.8. The van der Waals surface area contributed by atoms with E-state index in [1.807, 2.05) is 164 Å². The molecule has 23 nitrogen and oxygen atoms in total. The van der Waals surface area contributed by atoms with Crippen LogP contribution in [-0.2, 0) is 34.1 Å². The van der Waals surface area contributed by atoms with E-state index in [1.54, 1.807) is 95.9 Å². The molecule has 31 heteroatoms.